The lowest BCUT2D eigenvalue weighted by molar-refractivity contribution is 0.277. The summed E-state index contributed by atoms with van der Waals surface area (Å²) in [6.07, 6.45) is 1.17. The predicted octanol–water partition coefficient (Wildman–Crippen LogP) is 3.39. The van der Waals surface area contributed by atoms with Crippen molar-refractivity contribution in [3.05, 3.63) is 28.3 Å². The lowest BCUT2D eigenvalue weighted by atomic mass is 10.0. The van der Waals surface area contributed by atoms with Crippen LogP contribution in [-0.4, -0.2) is 17.0 Å². The molecule has 1 fully saturated rings. The van der Waals surface area contributed by atoms with Gasteiger partial charge in [0.15, 0.2) is 0 Å². The van der Waals surface area contributed by atoms with E-state index < -0.39 is 0 Å². The van der Waals surface area contributed by atoms with Crippen molar-refractivity contribution in [2.45, 2.75) is 44.3 Å². The van der Waals surface area contributed by atoms with Crippen molar-refractivity contribution in [3.8, 4) is 0 Å². The monoisotopic (exact) mass is 236 g/mol. The van der Waals surface area contributed by atoms with Gasteiger partial charge in [-0.2, -0.15) is 0 Å². The second kappa shape index (κ2) is 4.42. The van der Waals surface area contributed by atoms with Gasteiger partial charge in [-0.25, -0.2) is 0 Å². The van der Waals surface area contributed by atoms with Crippen LogP contribution in [-0.2, 0) is 0 Å². The summed E-state index contributed by atoms with van der Waals surface area (Å²) >= 11 is 1.96. The lowest BCUT2D eigenvalue weighted by Crippen LogP contribution is -1.96. The molecule has 1 saturated carbocycles. The van der Waals surface area contributed by atoms with Crippen LogP contribution in [0.1, 0.15) is 28.7 Å². The van der Waals surface area contributed by atoms with Crippen LogP contribution in [0.5, 0.6) is 0 Å². The van der Waals surface area contributed by atoms with Crippen molar-refractivity contribution in [1.82, 2.24) is 0 Å². The molecule has 0 amide bonds. The first kappa shape index (κ1) is 12.0. The van der Waals surface area contributed by atoms with Crippen LogP contribution < -0.4 is 0 Å². The fourth-order valence-electron chi connectivity index (χ4n) is 2.07. The first-order valence-electron chi connectivity index (χ1n) is 5.89. The Morgan fingerprint density at radius 1 is 1.19 bits per heavy atom. The zero-order chi connectivity index (χ0) is 11.9. The van der Waals surface area contributed by atoms with Gasteiger partial charge in [-0.05, 0) is 62.3 Å². The maximum atomic E-state index is 9.09. The quantitative estimate of drug-likeness (QED) is 0.868. The molecule has 2 atom stereocenters. The summed E-state index contributed by atoms with van der Waals surface area (Å²) in [4.78, 5) is 1.44. The molecule has 1 aromatic rings. The molecule has 0 saturated heterocycles. The molecule has 1 aliphatic carbocycles. The van der Waals surface area contributed by atoms with E-state index in [-0.39, 0.29) is 0 Å². The van der Waals surface area contributed by atoms with E-state index in [1.165, 1.54) is 33.6 Å². The third-order valence-electron chi connectivity index (χ3n) is 3.66. The van der Waals surface area contributed by atoms with E-state index in [1.54, 1.807) is 0 Å². The average Bonchev–Trinajstić information content (AvgIpc) is 3.00. The highest BCUT2D eigenvalue weighted by Gasteiger charge is 2.37. The maximum absolute atomic E-state index is 9.09. The van der Waals surface area contributed by atoms with Gasteiger partial charge in [0.05, 0.1) is 0 Å². The molecule has 0 bridgehead atoms. The van der Waals surface area contributed by atoms with Gasteiger partial charge in [0, 0.05) is 16.8 Å². The summed E-state index contributed by atoms with van der Waals surface area (Å²) in [5, 5.41) is 9.73. The van der Waals surface area contributed by atoms with E-state index in [9.17, 15) is 0 Å². The molecule has 0 spiro atoms. The van der Waals surface area contributed by atoms with E-state index in [0.29, 0.717) is 17.8 Å². The molecular formula is C14H20OS. The van der Waals surface area contributed by atoms with Gasteiger partial charge in [-0.1, -0.05) is 6.07 Å². The van der Waals surface area contributed by atoms with Crippen LogP contribution in [0.4, 0.5) is 0 Å². The highest BCUT2D eigenvalue weighted by atomic mass is 32.2. The summed E-state index contributed by atoms with van der Waals surface area (Å²) in [5.41, 5.74) is 5.59. The van der Waals surface area contributed by atoms with Gasteiger partial charge in [-0.3, -0.25) is 0 Å². The molecule has 2 rings (SSSR count). The minimum atomic E-state index is 0.348. The highest BCUT2D eigenvalue weighted by molar-refractivity contribution is 8.00. The van der Waals surface area contributed by atoms with Crippen molar-refractivity contribution < 1.29 is 5.11 Å². The Labute approximate surface area is 102 Å². The van der Waals surface area contributed by atoms with Crippen molar-refractivity contribution in [1.29, 1.82) is 0 Å². The number of thioether (sulfide) groups is 1. The van der Waals surface area contributed by atoms with Gasteiger partial charge < -0.3 is 5.11 Å². The average molecular weight is 236 g/mol. The summed E-state index contributed by atoms with van der Waals surface area (Å²) < 4.78 is 0. The Balaban J connectivity index is 2.26. The number of benzene rings is 1. The SMILES string of the molecule is Cc1cc(C)c(C)c(S[C@@H]2C[C@@H]2CO)c1C. The van der Waals surface area contributed by atoms with Crippen LogP contribution in [0.3, 0.4) is 0 Å². The highest BCUT2D eigenvalue weighted by Crippen LogP contribution is 2.47. The molecule has 0 radical (unpaired) electrons. The third kappa shape index (κ3) is 2.14. The number of aliphatic hydroxyl groups excluding tert-OH is 1. The molecule has 0 aromatic heterocycles. The smallest absolute Gasteiger partial charge is 0.0470 e. The molecular weight excluding hydrogens is 216 g/mol. The van der Waals surface area contributed by atoms with E-state index in [2.05, 4.69) is 33.8 Å². The van der Waals surface area contributed by atoms with Crippen molar-refractivity contribution in [3.63, 3.8) is 0 Å². The molecule has 0 aliphatic heterocycles. The van der Waals surface area contributed by atoms with Gasteiger partial charge in [0.25, 0.3) is 0 Å². The van der Waals surface area contributed by atoms with E-state index in [0.717, 1.165) is 0 Å². The van der Waals surface area contributed by atoms with E-state index >= 15 is 0 Å². The Kier molecular flexibility index (Phi) is 3.32. The number of aliphatic hydroxyl groups is 1. The van der Waals surface area contributed by atoms with Crippen LogP contribution >= 0.6 is 11.8 Å². The van der Waals surface area contributed by atoms with Crippen molar-refractivity contribution in [2.24, 2.45) is 5.92 Å². The first-order chi connectivity index (χ1) is 7.54. The van der Waals surface area contributed by atoms with Crippen LogP contribution in [0, 0.1) is 33.6 Å². The molecule has 0 unspecified atom stereocenters. The number of aryl methyl sites for hydroxylation is 2. The van der Waals surface area contributed by atoms with Gasteiger partial charge in [0.1, 0.15) is 0 Å². The Morgan fingerprint density at radius 2 is 1.75 bits per heavy atom. The second-order valence-electron chi connectivity index (χ2n) is 4.92. The molecule has 2 heteroatoms. The molecule has 1 aromatic carbocycles. The summed E-state index contributed by atoms with van der Waals surface area (Å²) in [6.45, 7) is 9.13. The number of hydrogen-bond acceptors (Lipinski definition) is 2. The number of rotatable bonds is 3. The number of hydrogen-bond donors (Lipinski definition) is 1. The van der Waals surface area contributed by atoms with E-state index in [1.807, 2.05) is 11.8 Å². The summed E-state index contributed by atoms with van der Waals surface area (Å²) in [5.74, 6) is 0.532. The van der Waals surface area contributed by atoms with Crippen LogP contribution in [0.15, 0.2) is 11.0 Å². The minimum Gasteiger partial charge on any atom is -0.396 e. The summed E-state index contributed by atoms with van der Waals surface area (Å²) in [6, 6.07) is 2.27. The molecule has 1 aliphatic rings. The van der Waals surface area contributed by atoms with Crippen molar-refractivity contribution >= 4 is 11.8 Å². The zero-order valence-corrected chi connectivity index (χ0v) is 11.3. The van der Waals surface area contributed by atoms with Gasteiger partial charge in [-0.15, -0.1) is 11.8 Å². The third-order valence-corrected chi connectivity index (χ3v) is 5.39. The molecule has 0 heterocycles. The fraction of sp³-hybridized carbons (Fsp3) is 0.571. The maximum Gasteiger partial charge on any atom is 0.0470 e. The van der Waals surface area contributed by atoms with Crippen LogP contribution in [0.2, 0.25) is 0 Å². The van der Waals surface area contributed by atoms with Gasteiger partial charge >= 0.3 is 0 Å². The van der Waals surface area contributed by atoms with Crippen LogP contribution in [0.25, 0.3) is 0 Å². The minimum absolute atomic E-state index is 0.348. The van der Waals surface area contributed by atoms with Crippen molar-refractivity contribution in [2.75, 3.05) is 6.61 Å². The van der Waals surface area contributed by atoms with Gasteiger partial charge in [0.2, 0.25) is 0 Å². The second-order valence-corrected chi connectivity index (χ2v) is 6.17. The first-order valence-corrected chi connectivity index (χ1v) is 6.77. The molecule has 1 N–H and O–H groups in total. The largest absolute Gasteiger partial charge is 0.396 e. The Hall–Kier alpha value is -0.470. The fourth-order valence-corrected chi connectivity index (χ4v) is 3.67. The normalized spacial score (nSPS) is 23.6. The topological polar surface area (TPSA) is 20.2 Å². The predicted molar refractivity (Wildman–Crippen MR) is 70.2 cm³/mol. The lowest BCUT2D eigenvalue weighted by Gasteiger charge is -2.14. The Morgan fingerprint density at radius 3 is 2.19 bits per heavy atom. The molecule has 88 valence electrons. The van der Waals surface area contributed by atoms with E-state index in [4.69, 9.17) is 5.11 Å². The molecule has 16 heavy (non-hydrogen) atoms. The zero-order valence-electron chi connectivity index (χ0n) is 10.5. The Bertz CT molecular complexity index is 385. The standard InChI is InChI=1S/C14H20OS/c1-8-5-9(2)11(4)14(10(8)3)16-13-6-12(13)7-15/h5,12-13,15H,6-7H2,1-4H3/t12-,13-/m1/s1. The summed E-state index contributed by atoms with van der Waals surface area (Å²) in [7, 11) is 0. The molecule has 1 nitrogen and oxygen atoms in total.